The van der Waals surface area contributed by atoms with Gasteiger partial charge < -0.3 is 14.4 Å². The van der Waals surface area contributed by atoms with E-state index in [2.05, 4.69) is 15.0 Å². The minimum absolute atomic E-state index is 0.0219. The summed E-state index contributed by atoms with van der Waals surface area (Å²) >= 11 is 0. The molecule has 0 N–H and O–H groups in total. The highest BCUT2D eigenvalue weighted by Crippen LogP contribution is 2.36. The normalized spacial score (nSPS) is 26.0. The smallest absolute Gasteiger partial charge is 0.316 e. The molecule has 2 aromatic rings. The Bertz CT molecular complexity index is 712. The number of pyridine rings is 1. The van der Waals surface area contributed by atoms with Gasteiger partial charge in [0.15, 0.2) is 0 Å². The topological polar surface area (TPSA) is 77.4 Å². The quantitative estimate of drug-likeness (QED) is 0.847. The van der Waals surface area contributed by atoms with Crippen molar-refractivity contribution in [3.05, 3.63) is 48.5 Å². The second-order valence-corrected chi connectivity index (χ2v) is 6.18. The zero-order valence-corrected chi connectivity index (χ0v) is 13.2. The minimum Gasteiger partial charge on any atom is -0.458 e. The Morgan fingerprint density at radius 1 is 1.25 bits per heavy atom. The van der Waals surface area contributed by atoms with Crippen LogP contribution in [-0.2, 0) is 4.74 Å². The molecule has 0 radical (unpaired) electrons. The summed E-state index contributed by atoms with van der Waals surface area (Å²) in [6.45, 7) is 1.77. The van der Waals surface area contributed by atoms with E-state index in [1.807, 2.05) is 4.90 Å². The van der Waals surface area contributed by atoms with Gasteiger partial charge in [-0.15, -0.1) is 0 Å². The maximum atomic E-state index is 12.6. The first-order valence-electron chi connectivity index (χ1n) is 8.01. The number of likely N-dealkylation sites (tertiary alicyclic amines) is 1. The fraction of sp³-hybridized carbons (Fsp3) is 0.412. The second kappa shape index (κ2) is 6.16. The van der Waals surface area contributed by atoms with Gasteiger partial charge in [0, 0.05) is 43.3 Å². The molecule has 24 heavy (non-hydrogen) atoms. The molecule has 2 saturated heterocycles. The summed E-state index contributed by atoms with van der Waals surface area (Å²) in [6, 6.07) is 5.59. The Hall–Kier alpha value is -2.54. The van der Waals surface area contributed by atoms with Gasteiger partial charge in [-0.05, 0) is 24.6 Å². The fourth-order valence-electron chi connectivity index (χ4n) is 3.35. The average molecular weight is 326 g/mol. The van der Waals surface area contributed by atoms with Crippen LogP contribution in [0, 0.1) is 0 Å². The van der Waals surface area contributed by atoms with Crippen LogP contribution in [0.25, 0.3) is 0 Å². The molecule has 7 heteroatoms. The first kappa shape index (κ1) is 15.0. The van der Waals surface area contributed by atoms with Crippen molar-refractivity contribution < 1.29 is 14.3 Å². The minimum atomic E-state index is -0.317. The van der Waals surface area contributed by atoms with E-state index in [4.69, 9.17) is 9.47 Å². The summed E-state index contributed by atoms with van der Waals surface area (Å²) in [5.74, 6) is 0.0219. The van der Waals surface area contributed by atoms with E-state index < -0.39 is 0 Å². The van der Waals surface area contributed by atoms with Crippen molar-refractivity contribution in [2.24, 2.45) is 0 Å². The van der Waals surface area contributed by atoms with Gasteiger partial charge in [0.2, 0.25) is 0 Å². The first-order valence-corrected chi connectivity index (χ1v) is 8.01. The standard InChI is InChI=1S/C17H18N4O3/c22-15(13-2-7-18-8-3-13)21-9-4-17(12-21)10-14(11-23-17)24-16-19-5-1-6-20-16/h1-3,5-8,14H,4,9-12H2/t14-,17-/m0/s1. The predicted molar refractivity (Wildman–Crippen MR) is 84.5 cm³/mol. The zero-order chi connectivity index (χ0) is 16.4. The lowest BCUT2D eigenvalue weighted by molar-refractivity contribution is 0.00973. The Morgan fingerprint density at radius 2 is 2.04 bits per heavy atom. The van der Waals surface area contributed by atoms with Crippen LogP contribution in [0.5, 0.6) is 6.01 Å². The molecule has 124 valence electrons. The molecule has 2 atom stereocenters. The highest BCUT2D eigenvalue weighted by Gasteiger charge is 2.47. The molecule has 2 fully saturated rings. The molecule has 4 heterocycles. The van der Waals surface area contributed by atoms with Gasteiger partial charge in [-0.3, -0.25) is 9.78 Å². The van der Waals surface area contributed by atoms with Crippen molar-refractivity contribution in [2.75, 3.05) is 19.7 Å². The number of rotatable bonds is 3. The largest absolute Gasteiger partial charge is 0.458 e. The van der Waals surface area contributed by atoms with Crippen molar-refractivity contribution in [1.82, 2.24) is 19.9 Å². The molecule has 4 rings (SSSR count). The Labute approximate surface area is 139 Å². The molecular formula is C17H18N4O3. The molecule has 1 spiro atoms. The molecule has 0 saturated carbocycles. The van der Waals surface area contributed by atoms with Gasteiger partial charge in [-0.25, -0.2) is 9.97 Å². The lowest BCUT2D eigenvalue weighted by Crippen LogP contribution is -2.36. The zero-order valence-electron chi connectivity index (χ0n) is 13.2. The van der Waals surface area contributed by atoms with Crippen molar-refractivity contribution in [1.29, 1.82) is 0 Å². The molecule has 2 aliphatic rings. The van der Waals surface area contributed by atoms with Crippen LogP contribution in [0.15, 0.2) is 43.0 Å². The number of nitrogens with zero attached hydrogens (tertiary/aromatic N) is 4. The third kappa shape index (κ3) is 2.94. The van der Waals surface area contributed by atoms with Crippen LogP contribution in [0.1, 0.15) is 23.2 Å². The third-order valence-electron chi connectivity index (χ3n) is 4.52. The number of amides is 1. The average Bonchev–Trinajstić information content (AvgIpc) is 3.23. The Kier molecular flexibility index (Phi) is 3.86. The summed E-state index contributed by atoms with van der Waals surface area (Å²) in [6.07, 6.45) is 8.05. The molecule has 2 aromatic heterocycles. The monoisotopic (exact) mass is 326 g/mol. The summed E-state index contributed by atoms with van der Waals surface area (Å²) in [5.41, 5.74) is 0.341. The van der Waals surface area contributed by atoms with Gasteiger partial charge >= 0.3 is 6.01 Å². The number of carbonyl (C=O) groups is 1. The molecule has 0 aliphatic carbocycles. The van der Waals surface area contributed by atoms with Gasteiger partial charge in [0.1, 0.15) is 6.10 Å². The Balaban J connectivity index is 1.39. The fourth-order valence-corrected chi connectivity index (χ4v) is 3.35. The van der Waals surface area contributed by atoms with Gasteiger partial charge in [0.25, 0.3) is 5.91 Å². The third-order valence-corrected chi connectivity index (χ3v) is 4.52. The lowest BCUT2D eigenvalue weighted by Gasteiger charge is -2.23. The van der Waals surface area contributed by atoms with Gasteiger partial charge in [-0.1, -0.05) is 0 Å². The summed E-state index contributed by atoms with van der Waals surface area (Å²) < 4.78 is 11.8. The van der Waals surface area contributed by atoms with Crippen LogP contribution in [0.3, 0.4) is 0 Å². The highest BCUT2D eigenvalue weighted by atomic mass is 16.6. The molecule has 2 aliphatic heterocycles. The van der Waals surface area contributed by atoms with Crippen molar-refractivity contribution in [3.8, 4) is 6.01 Å². The van der Waals surface area contributed by atoms with Crippen LogP contribution in [0.4, 0.5) is 0 Å². The van der Waals surface area contributed by atoms with E-state index in [1.165, 1.54) is 0 Å². The molecular weight excluding hydrogens is 308 g/mol. The van der Waals surface area contributed by atoms with Crippen LogP contribution < -0.4 is 4.74 Å². The van der Waals surface area contributed by atoms with Crippen LogP contribution in [0.2, 0.25) is 0 Å². The highest BCUT2D eigenvalue weighted by molar-refractivity contribution is 5.94. The van der Waals surface area contributed by atoms with Crippen LogP contribution in [-0.4, -0.2) is 57.2 Å². The maximum Gasteiger partial charge on any atom is 0.316 e. The number of carbonyl (C=O) groups excluding carboxylic acids is 1. The predicted octanol–water partition coefficient (Wildman–Crippen LogP) is 1.32. The molecule has 0 bridgehead atoms. The lowest BCUT2D eigenvalue weighted by atomic mass is 9.98. The van der Waals surface area contributed by atoms with E-state index in [0.29, 0.717) is 31.3 Å². The van der Waals surface area contributed by atoms with Gasteiger partial charge in [0.05, 0.1) is 18.8 Å². The number of ether oxygens (including phenoxy) is 2. The van der Waals surface area contributed by atoms with Gasteiger partial charge in [-0.2, -0.15) is 0 Å². The SMILES string of the molecule is O=C(c1ccncc1)N1CC[C@]2(C[C@H](Oc3ncccn3)CO2)C1. The number of hydrogen-bond acceptors (Lipinski definition) is 6. The molecule has 1 amide bonds. The summed E-state index contributed by atoms with van der Waals surface area (Å²) in [7, 11) is 0. The van der Waals surface area contributed by atoms with E-state index in [1.54, 1.807) is 43.0 Å². The van der Waals surface area contributed by atoms with Crippen LogP contribution >= 0.6 is 0 Å². The number of hydrogen-bond donors (Lipinski definition) is 0. The first-order chi connectivity index (χ1) is 11.7. The second-order valence-electron chi connectivity index (χ2n) is 6.18. The Morgan fingerprint density at radius 3 is 2.83 bits per heavy atom. The van der Waals surface area contributed by atoms with E-state index in [0.717, 1.165) is 12.8 Å². The number of aromatic nitrogens is 3. The molecule has 0 aromatic carbocycles. The maximum absolute atomic E-state index is 12.6. The van der Waals surface area contributed by atoms with E-state index in [9.17, 15) is 4.79 Å². The molecule has 7 nitrogen and oxygen atoms in total. The van der Waals surface area contributed by atoms with Crippen molar-refractivity contribution in [3.63, 3.8) is 0 Å². The summed E-state index contributed by atoms with van der Waals surface area (Å²) in [5, 5.41) is 0. The molecule has 0 unspecified atom stereocenters. The van der Waals surface area contributed by atoms with E-state index >= 15 is 0 Å². The summed E-state index contributed by atoms with van der Waals surface area (Å²) in [4.78, 5) is 26.5. The van der Waals surface area contributed by atoms with Crippen molar-refractivity contribution in [2.45, 2.75) is 24.5 Å². The van der Waals surface area contributed by atoms with Crippen molar-refractivity contribution >= 4 is 5.91 Å². The van der Waals surface area contributed by atoms with E-state index in [-0.39, 0.29) is 17.6 Å².